The molecule has 2 aliphatic carbocycles. The molecule has 0 aromatic heterocycles. The second kappa shape index (κ2) is 5.62. The van der Waals surface area contributed by atoms with Crippen LogP contribution in [-0.2, 0) is 5.41 Å². The largest absolute Gasteiger partial charge is 0.0837 e. The number of hydrogen-bond donors (Lipinski definition) is 0. The molecule has 0 aliphatic heterocycles. The van der Waals surface area contributed by atoms with Crippen molar-refractivity contribution in [3.63, 3.8) is 0 Å². The molecule has 140 valence electrons. The molecule has 1 spiro atoms. The summed E-state index contributed by atoms with van der Waals surface area (Å²) in [6, 6.07) is 37.4. The fourth-order valence-corrected chi connectivity index (χ4v) is 6.20. The minimum atomic E-state index is -0.344. The highest BCUT2D eigenvalue weighted by Gasteiger charge is 2.52. The maximum Gasteiger partial charge on any atom is 0.0732 e. The second-order valence-corrected chi connectivity index (χ2v) is 8.62. The molecule has 0 amide bonds. The first-order valence-electron chi connectivity index (χ1n) is 10.3. The van der Waals surface area contributed by atoms with Gasteiger partial charge in [-0.15, -0.1) is 0 Å². The smallest absolute Gasteiger partial charge is 0.0732 e. The summed E-state index contributed by atoms with van der Waals surface area (Å²) in [6.07, 6.45) is 0. The monoisotopic (exact) mass is 400 g/mol. The van der Waals surface area contributed by atoms with Crippen molar-refractivity contribution in [3.8, 4) is 22.3 Å². The van der Waals surface area contributed by atoms with Gasteiger partial charge in [-0.2, -0.15) is 0 Å². The molecular weight excluding hydrogens is 384 g/mol. The van der Waals surface area contributed by atoms with E-state index in [1.54, 1.807) is 0 Å². The number of halogens is 1. The molecule has 30 heavy (non-hydrogen) atoms. The maximum atomic E-state index is 6.83. The zero-order chi connectivity index (χ0) is 19.9. The molecule has 5 aromatic rings. The third kappa shape index (κ3) is 1.75. The Hall–Kier alpha value is -3.35. The first-order chi connectivity index (χ1) is 14.8. The summed E-state index contributed by atoms with van der Waals surface area (Å²) in [7, 11) is 0. The Labute approximate surface area is 180 Å². The van der Waals surface area contributed by atoms with E-state index in [0.717, 1.165) is 5.02 Å². The van der Waals surface area contributed by atoms with E-state index in [2.05, 4.69) is 97.1 Å². The van der Waals surface area contributed by atoms with E-state index in [1.807, 2.05) is 6.07 Å². The Morgan fingerprint density at radius 3 is 2.03 bits per heavy atom. The van der Waals surface area contributed by atoms with E-state index in [0.29, 0.717) is 0 Å². The van der Waals surface area contributed by atoms with Gasteiger partial charge >= 0.3 is 0 Å². The van der Waals surface area contributed by atoms with Crippen LogP contribution >= 0.6 is 11.6 Å². The van der Waals surface area contributed by atoms with Crippen molar-refractivity contribution in [1.82, 2.24) is 0 Å². The van der Waals surface area contributed by atoms with E-state index < -0.39 is 0 Å². The van der Waals surface area contributed by atoms with Crippen molar-refractivity contribution in [2.75, 3.05) is 0 Å². The van der Waals surface area contributed by atoms with Gasteiger partial charge in [-0.3, -0.25) is 0 Å². The van der Waals surface area contributed by atoms with Gasteiger partial charge in [0.25, 0.3) is 0 Å². The van der Waals surface area contributed by atoms with Crippen molar-refractivity contribution >= 4 is 22.4 Å². The highest BCUT2D eigenvalue weighted by Crippen LogP contribution is 2.64. The van der Waals surface area contributed by atoms with Crippen LogP contribution in [0.1, 0.15) is 22.3 Å². The van der Waals surface area contributed by atoms with Crippen molar-refractivity contribution in [2.45, 2.75) is 5.41 Å². The Morgan fingerprint density at radius 2 is 1.17 bits per heavy atom. The Bertz CT molecular complexity index is 1510. The lowest BCUT2D eigenvalue weighted by Gasteiger charge is -2.31. The topological polar surface area (TPSA) is 0 Å². The van der Waals surface area contributed by atoms with E-state index >= 15 is 0 Å². The minimum Gasteiger partial charge on any atom is -0.0837 e. The van der Waals surface area contributed by atoms with Gasteiger partial charge in [0.05, 0.1) is 5.41 Å². The number of hydrogen-bond acceptors (Lipinski definition) is 0. The van der Waals surface area contributed by atoms with Crippen molar-refractivity contribution in [2.24, 2.45) is 0 Å². The van der Waals surface area contributed by atoms with Gasteiger partial charge in [0.2, 0.25) is 0 Å². The van der Waals surface area contributed by atoms with E-state index in [4.69, 9.17) is 11.6 Å². The molecule has 1 heteroatoms. The third-order valence-corrected chi connectivity index (χ3v) is 7.26. The molecule has 0 fully saturated rings. The molecule has 0 heterocycles. The Morgan fingerprint density at radius 1 is 0.500 bits per heavy atom. The molecule has 7 rings (SSSR count). The lowest BCUT2D eigenvalue weighted by molar-refractivity contribution is 0.801. The van der Waals surface area contributed by atoms with Crippen LogP contribution < -0.4 is 0 Å². The SMILES string of the molecule is Clc1cccc2c1-c1ccccc1C21c2ccccc2-c2ccc3ccccc3c21. The van der Waals surface area contributed by atoms with Gasteiger partial charge in [-0.25, -0.2) is 0 Å². The van der Waals surface area contributed by atoms with Crippen LogP contribution in [0.2, 0.25) is 5.02 Å². The molecule has 0 saturated heterocycles. The molecule has 5 aromatic carbocycles. The molecule has 1 atom stereocenters. The van der Waals surface area contributed by atoms with Crippen LogP contribution in [0.25, 0.3) is 33.0 Å². The fourth-order valence-electron chi connectivity index (χ4n) is 5.92. The highest BCUT2D eigenvalue weighted by atomic mass is 35.5. The lowest BCUT2D eigenvalue weighted by atomic mass is 9.69. The quantitative estimate of drug-likeness (QED) is 0.243. The standard InChI is InChI=1S/C29H17Cl/c30-26-15-7-14-25-27(26)22-11-4-6-13-24(22)29(25)23-12-5-3-10-20(23)21-17-16-18-8-1-2-9-19(18)28(21)29/h1-17H. The van der Waals surface area contributed by atoms with Crippen LogP contribution in [0.4, 0.5) is 0 Å². The number of benzene rings is 5. The number of rotatable bonds is 0. The predicted octanol–water partition coefficient (Wildman–Crippen LogP) is 7.84. The van der Waals surface area contributed by atoms with E-state index in [1.165, 1.54) is 55.3 Å². The third-order valence-electron chi connectivity index (χ3n) is 6.94. The summed E-state index contributed by atoms with van der Waals surface area (Å²) in [4.78, 5) is 0. The van der Waals surface area contributed by atoms with E-state index in [9.17, 15) is 0 Å². The normalized spacial score (nSPS) is 17.6. The molecule has 1 unspecified atom stereocenters. The summed E-state index contributed by atoms with van der Waals surface area (Å²) >= 11 is 6.83. The fraction of sp³-hybridized carbons (Fsp3) is 0.0345. The van der Waals surface area contributed by atoms with E-state index in [-0.39, 0.29) is 5.41 Å². The summed E-state index contributed by atoms with van der Waals surface area (Å²) in [6.45, 7) is 0. The average Bonchev–Trinajstić information content (AvgIpc) is 3.27. The number of fused-ring (bicyclic) bond motifs is 12. The van der Waals surface area contributed by atoms with Gasteiger partial charge in [0, 0.05) is 10.6 Å². The van der Waals surface area contributed by atoms with Crippen molar-refractivity contribution < 1.29 is 0 Å². The molecule has 0 bridgehead atoms. The maximum absolute atomic E-state index is 6.83. The predicted molar refractivity (Wildman–Crippen MR) is 125 cm³/mol. The van der Waals surface area contributed by atoms with Crippen LogP contribution in [0.3, 0.4) is 0 Å². The van der Waals surface area contributed by atoms with Gasteiger partial charge in [-0.05, 0) is 55.8 Å². The van der Waals surface area contributed by atoms with Crippen LogP contribution in [0.5, 0.6) is 0 Å². The summed E-state index contributed by atoms with van der Waals surface area (Å²) < 4.78 is 0. The first kappa shape index (κ1) is 16.4. The molecule has 0 saturated carbocycles. The summed E-state index contributed by atoms with van der Waals surface area (Å²) in [5.74, 6) is 0. The van der Waals surface area contributed by atoms with Gasteiger partial charge in [0.15, 0.2) is 0 Å². The zero-order valence-electron chi connectivity index (χ0n) is 16.2. The Kier molecular flexibility index (Phi) is 3.08. The average molecular weight is 401 g/mol. The molecule has 0 radical (unpaired) electrons. The summed E-state index contributed by atoms with van der Waals surface area (Å²) in [5.41, 5.74) is 10.1. The summed E-state index contributed by atoms with van der Waals surface area (Å²) in [5, 5.41) is 3.41. The van der Waals surface area contributed by atoms with Gasteiger partial charge in [-0.1, -0.05) is 109 Å². The van der Waals surface area contributed by atoms with Gasteiger partial charge < -0.3 is 0 Å². The Balaban J connectivity index is 1.79. The minimum absolute atomic E-state index is 0.344. The lowest BCUT2D eigenvalue weighted by Crippen LogP contribution is -2.26. The van der Waals surface area contributed by atoms with Crippen LogP contribution in [-0.4, -0.2) is 0 Å². The van der Waals surface area contributed by atoms with Crippen molar-refractivity contribution in [3.05, 3.63) is 130 Å². The molecule has 0 N–H and O–H groups in total. The molecule has 2 aliphatic rings. The van der Waals surface area contributed by atoms with Crippen LogP contribution in [0.15, 0.2) is 103 Å². The second-order valence-electron chi connectivity index (χ2n) is 8.21. The van der Waals surface area contributed by atoms with Crippen molar-refractivity contribution in [1.29, 1.82) is 0 Å². The first-order valence-corrected chi connectivity index (χ1v) is 10.7. The van der Waals surface area contributed by atoms with Gasteiger partial charge in [0.1, 0.15) is 0 Å². The molecular formula is C29H17Cl. The van der Waals surface area contributed by atoms with Crippen LogP contribution in [0, 0.1) is 0 Å². The molecule has 0 nitrogen and oxygen atoms in total. The highest BCUT2D eigenvalue weighted by molar-refractivity contribution is 6.34. The zero-order valence-corrected chi connectivity index (χ0v) is 16.9.